The second kappa shape index (κ2) is 7.79. The summed E-state index contributed by atoms with van der Waals surface area (Å²) in [6, 6.07) is 9.87. The number of rotatable bonds is 5. The molecular weight excluding hydrogens is 335 g/mol. The molecule has 2 aromatic rings. The number of nitrogen functional groups attached to an aromatic ring is 1. The number of hydrogen-bond acceptors (Lipinski definition) is 4. The molecule has 126 valence electrons. The summed E-state index contributed by atoms with van der Waals surface area (Å²) in [6.45, 7) is 1.65. The molecule has 0 aliphatic carbocycles. The molecule has 0 heterocycles. The van der Waals surface area contributed by atoms with Crippen LogP contribution in [0.2, 0.25) is 5.02 Å². The highest BCUT2D eigenvalue weighted by molar-refractivity contribution is 6.31. The van der Waals surface area contributed by atoms with E-state index in [9.17, 15) is 14.0 Å². The molecule has 7 heteroatoms. The highest BCUT2D eigenvalue weighted by Crippen LogP contribution is 2.19. The maximum absolute atomic E-state index is 13.0. The molecule has 0 saturated carbocycles. The topological polar surface area (TPSA) is 72.6 Å². The van der Waals surface area contributed by atoms with Crippen molar-refractivity contribution in [2.24, 2.45) is 0 Å². The Morgan fingerprint density at radius 2 is 1.88 bits per heavy atom. The van der Waals surface area contributed by atoms with Crippen molar-refractivity contribution in [3.05, 3.63) is 58.9 Å². The minimum Gasteiger partial charge on any atom is -0.452 e. The number of hydrogen-bond donors (Lipinski definition) is 1. The second-order valence-electron chi connectivity index (χ2n) is 4.92. The van der Waals surface area contributed by atoms with Crippen LogP contribution < -0.4 is 10.6 Å². The van der Waals surface area contributed by atoms with Gasteiger partial charge in [0.1, 0.15) is 5.82 Å². The van der Waals surface area contributed by atoms with Crippen LogP contribution in [-0.2, 0) is 9.53 Å². The van der Waals surface area contributed by atoms with Gasteiger partial charge in [-0.3, -0.25) is 4.79 Å². The van der Waals surface area contributed by atoms with Crippen molar-refractivity contribution in [2.75, 3.05) is 23.8 Å². The van der Waals surface area contributed by atoms with Crippen LogP contribution in [0.5, 0.6) is 0 Å². The molecule has 2 N–H and O–H groups in total. The first-order chi connectivity index (χ1) is 11.4. The molecule has 0 unspecified atom stereocenters. The maximum Gasteiger partial charge on any atom is 0.340 e. The zero-order chi connectivity index (χ0) is 17.7. The molecule has 0 aliphatic heterocycles. The van der Waals surface area contributed by atoms with E-state index in [1.165, 1.54) is 41.3 Å². The van der Waals surface area contributed by atoms with Gasteiger partial charge in [0.05, 0.1) is 5.56 Å². The number of ether oxygens (including phenoxy) is 1. The SMILES string of the molecule is CCN(C(=O)COC(=O)c1cc(Cl)ccc1N)c1ccc(F)cc1. The minimum absolute atomic E-state index is 0.0973. The molecule has 0 spiro atoms. The molecule has 0 aromatic heterocycles. The normalized spacial score (nSPS) is 10.3. The van der Waals surface area contributed by atoms with Crippen LogP contribution >= 0.6 is 11.6 Å². The van der Waals surface area contributed by atoms with E-state index in [0.717, 1.165) is 0 Å². The lowest BCUT2D eigenvalue weighted by atomic mass is 10.2. The highest BCUT2D eigenvalue weighted by Gasteiger charge is 2.18. The summed E-state index contributed by atoms with van der Waals surface area (Å²) in [6.07, 6.45) is 0. The molecule has 0 aliphatic rings. The largest absolute Gasteiger partial charge is 0.452 e. The summed E-state index contributed by atoms with van der Waals surface area (Å²) in [5, 5.41) is 0.337. The number of nitrogens with zero attached hydrogens (tertiary/aromatic N) is 1. The molecule has 0 atom stereocenters. The van der Waals surface area contributed by atoms with E-state index in [0.29, 0.717) is 17.3 Å². The Morgan fingerprint density at radius 3 is 2.50 bits per heavy atom. The van der Waals surface area contributed by atoms with Crippen molar-refractivity contribution in [1.82, 2.24) is 0 Å². The quantitative estimate of drug-likeness (QED) is 0.663. The summed E-state index contributed by atoms with van der Waals surface area (Å²) in [5.41, 5.74) is 6.52. The summed E-state index contributed by atoms with van der Waals surface area (Å²) in [5.74, 6) is -1.57. The summed E-state index contributed by atoms with van der Waals surface area (Å²) >= 11 is 5.82. The lowest BCUT2D eigenvalue weighted by Gasteiger charge is -2.21. The van der Waals surface area contributed by atoms with Gasteiger partial charge < -0.3 is 15.4 Å². The van der Waals surface area contributed by atoms with Gasteiger partial charge in [0.15, 0.2) is 6.61 Å². The zero-order valence-electron chi connectivity index (χ0n) is 13.0. The van der Waals surface area contributed by atoms with Crippen molar-refractivity contribution in [1.29, 1.82) is 0 Å². The monoisotopic (exact) mass is 350 g/mol. The Balaban J connectivity index is 2.04. The fourth-order valence-corrected chi connectivity index (χ4v) is 2.28. The van der Waals surface area contributed by atoms with Gasteiger partial charge in [-0.05, 0) is 49.4 Å². The molecule has 0 radical (unpaired) electrons. The van der Waals surface area contributed by atoms with Gasteiger partial charge in [0, 0.05) is 22.9 Å². The van der Waals surface area contributed by atoms with E-state index in [4.69, 9.17) is 22.1 Å². The van der Waals surface area contributed by atoms with Crippen LogP contribution in [0.25, 0.3) is 0 Å². The first-order valence-corrected chi connectivity index (χ1v) is 7.58. The third-order valence-corrected chi connectivity index (χ3v) is 3.55. The van der Waals surface area contributed by atoms with Crippen LogP contribution in [0.15, 0.2) is 42.5 Å². The van der Waals surface area contributed by atoms with E-state index >= 15 is 0 Å². The Kier molecular flexibility index (Phi) is 5.76. The van der Waals surface area contributed by atoms with E-state index in [2.05, 4.69) is 0 Å². The van der Waals surface area contributed by atoms with Crippen molar-refractivity contribution in [2.45, 2.75) is 6.92 Å². The number of amides is 1. The number of likely N-dealkylation sites (N-methyl/N-ethyl adjacent to an activating group) is 1. The van der Waals surface area contributed by atoms with E-state index in [-0.39, 0.29) is 11.3 Å². The Bertz CT molecular complexity index is 750. The zero-order valence-corrected chi connectivity index (χ0v) is 13.7. The summed E-state index contributed by atoms with van der Waals surface area (Å²) < 4.78 is 18.0. The van der Waals surface area contributed by atoms with Crippen molar-refractivity contribution in [3.63, 3.8) is 0 Å². The first kappa shape index (κ1) is 17.7. The molecule has 0 saturated heterocycles. The smallest absolute Gasteiger partial charge is 0.340 e. The third kappa shape index (κ3) is 4.23. The number of anilines is 2. The van der Waals surface area contributed by atoms with Crippen LogP contribution in [0.4, 0.5) is 15.8 Å². The van der Waals surface area contributed by atoms with Crippen molar-refractivity contribution < 1.29 is 18.7 Å². The molecule has 2 rings (SSSR count). The van der Waals surface area contributed by atoms with Crippen LogP contribution in [-0.4, -0.2) is 25.0 Å². The number of halogens is 2. The fraction of sp³-hybridized carbons (Fsp3) is 0.176. The van der Waals surface area contributed by atoms with E-state index < -0.39 is 24.3 Å². The first-order valence-electron chi connectivity index (χ1n) is 7.20. The molecule has 24 heavy (non-hydrogen) atoms. The fourth-order valence-electron chi connectivity index (χ4n) is 2.11. The predicted molar refractivity (Wildman–Crippen MR) is 90.6 cm³/mol. The minimum atomic E-state index is -0.737. The van der Waals surface area contributed by atoms with Crippen molar-refractivity contribution in [3.8, 4) is 0 Å². The Hall–Kier alpha value is -2.60. The molecule has 2 aromatic carbocycles. The van der Waals surface area contributed by atoms with Gasteiger partial charge in [0.25, 0.3) is 5.91 Å². The summed E-state index contributed by atoms with van der Waals surface area (Å²) in [7, 11) is 0. The molecule has 0 fully saturated rings. The number of benzene rings is 2. The standard InChI is InChI=1S/C17H16ClFN2O3/c1-2-21(13-6-4-12(19)5-7-13)16(22)10-24-17(23)14-9-11(18)3-8-15(14)20/h3-9H,2,10,20H2,1H3. The predicted octanol–water partition coefficient (Wildman–Crippen LogP) is 3.27. The molecular formula is C17H16ClFN2O3. The van der Waals surface area contributed by atoms with E-state index in [1.54, 1.807) is 13.0 Å². The van der Waals surface area contributed by atoms with Gasteiger partial charge in [-0.15, -0.1) is 0 Å². The van der Waals surface area contributed by atoms with Crippen LogP contribution in [0.1, 0.15) is 17.3 Å². The van der Waals surface area contributed by atoms with E-state index in [1.807, 2.05) is 0 Å². The number of carbonyl (C=O) groups excluding carboxylic acids is 2. The van der Waals surface area contributed by atoms with Crippen LogP contribution in [0.3, 0.4) is 0 Å². The number of esters is 1. The lowest BCUT2D eigenvalue weighted by Crippen LogP contribution is -2.34. The Morgan fingerprint density at radius 1 is 1.21 bits per heavy atom. The number of carbonyl (C=O) groups is 2. The van der Waals surface area contributed by atoms with Gasteiger partial charge in [-0.1, -0.05) is 11.6 Å². The van der Waals surface area contributed by atoms with Crippen LogP contribution in [0, 0.1) is 5.82 Å². The Labute approximate surface area is 143 Å². The van der Waals surface area contributed by atoms with Crippen molar-refractivity contribution >= 4 is 34.9 Å². The van der Waals surface area contributed by atoms with Gasteiger partial charge in [0.2, 0.25) is 0 Å². The van der Waals surface area contributed by atoms with Gasteiger partial charge >= 0.3 is 5.97 Å². The van der Waals surface area contributed by atoms with Gasteiger partial charge in [-0.2, -0.15) is 0 Å². The average molecular weight is 351 g/mol. The summed E-state index contributed by atoms with van der Waals surface area (Å²) in [4.78, 5) is 25.7. The lowest BCUT2D eigenvalue weighted by molar-refractivity contribution is -0.121. The highest BCUT2D eigenvalue weighted by atomic mass is 35.5. The second-order valence-corrected chi connectivity index (χ2v) is 5.36. The number of nitrogens with two attached hydrogens (primary N) is 1. The molecule has 0 bridgehead atoms. The maximum atomic E-state index is 13.0. The molecule has 1 amide bonds. The molecule has 5 nitrogen and oxygen atoms in total. The average Bonchev–Trinajstić information content (AvgIpc) is 2.57. The van der Waals surface area contributed by atoms with Gasteiger partial charge in [-0.25, -0.2) is 9.18 Å². The third-order valence-electron chi connectivity index (χ3n) is 3.32.